The number of nitrogens with zero attached hydrogens (tertiary/aromatic N) is 1. The molecular formula is C15H22ClN3O2. The van der Waals surface area contributed by atoms with Gasteiger partial charge in [-0.15, -0.1) is 0 Å². The zero-order chi connectivity index (χ0) is 15.1. The summed E-state index contributed by atoms with van der Waals surface area (Å²) < 4.78 is 0. The third-order valence-electron chi connectivity index (χ3n) is 3.52. The number of aliphatic hydroxyl groups excluding tert-OH is 1. The van der Waals surface area contributed by atoms with Crippen LogP contribution >= 0.6 is 11.6 Å². The van der Waals surface area contributed by atoms with Crippen LogP contribution in [0, 0.1) is 0 Å². The van der Waals surface area contributed by atoms with Crippen molar-refractivity contribution in [2.24, 2.45) is 0 Å². The number of halogens is 1. The molecule has 3 N–H and O–H groups in total. The van der Waals surface area contributed by atoms with Gasteiger partial charge in [-0.05, 0) is 43.9 Å². The van der Waals surface area contributed by atoms with E-state index in [1.165, 1.54) is 19.3 Å². The summed E-state index contributed by atoms with van der Waals surface area (Å²) in [5.74, 6) is 0. The highest BCUT2D eigenvalue weighted by Gasteiger charge is 2.16. The fourth-order valence-electron chi connectivity index (χ4n) is 2.47. The molecule has 0 unspecified atom stereocenters. The van der Waals surface area contributed by atoms with E-state index < -0.39 is 0 Å². The van der Waals surface area contributed by atoms with Crippen LogP contribution in [0.25, 0.3) is 0 Å². The lowest BCUT2D eigenvalue weighted by molar-refractivity contribution is 0.249. The van der Waals surface area contributed by atoms with Gasteiger partial charge in [0.1, 0.15) is 0 Å². The molecule has 2 amide bonds. The number of hydrogen-bond donors (Lipinski definition) is 3. The van der Waals surface area contributed by atoms with Crippen LogP contribution in [0.15, 0.2) is 18.2 Å². The molecule has 0 aromatic heterocycles. The van der Waals surface area contributed by atoms with Crippen LogP contribution in [0.2, 0.25) is 5.02 Å². The molecule has 0 radical (unpaired) electrons. The summed E-state index contributed by atoms with van der Waals surface area (Å²) in [6, 6.07) is 5.30. The molecule has 5 nitrogen and oxygen atoms in total. The van der Waals surface area contributed by atoms with Crippen molar-refractivity contribution in [1.29, 1.82) is 0 Å². The summed E-state index contributed by atoms with van der Waals surface area (Å²) in [5.41, 5.74) is 1.74. The molecule has 0 saturated carbocycles. The normalized spacial score (nSPS) is 14.9. The van der Waals surface area contributed by atoms with Crippen molar-refractivity contribution in [3.05, 3.63) is 23.2 Å². The maximum absolute atomic E-state index is 11.9. The Labute approximate surface area is 130 Å². The van der Waals surface area contributed by atoms with Crippen molar-refractivity contribution < 1.29 is 9.90 Å². The Bertz CT molecular complexity index is 476. The van der Waals surface area contributed by atoms with E-state index in [1.54, 1.807) is 6.07 Å². The van der Waals surface area contributed by atoms with Gasteiger partial charge in [0.05, 0.1) is 11.4 Å². The van der Waals surface area contributed by atoms with Gasteiger partial charge in [-0.2, -0.15) is 0 Å². The van der Waals surface area contributed by atoms with Gasteiger partial charge < -0.3 is 20.6 Å². The lowest BCUT2D eigenvalue weighted by atomic mass is 10.1. The quantitative estimate of drug-likeness (QED) is 0.733. The third-order valence-corrected chi connectivity index (χ3v) is 3.76. The Morgan fingerprint density at radius 3 is 2.76 bits per heavy atom. The van der Waals surface area contributed by atoms with E-state index in [0.717, 1.165) is 24.5 Å². The lowest BCUT2D eigenvalue weighted by Crippen LogP contribution is -2.33. The molecule has 1 aromatic rings. The summed E-state index contributed by atoms with van der Waals surface area (Å²) in [6.07, 6.45) is 4.14. The molecule has 6 heteroatoms. The fraction of sp³-hybridized carbons (Fsp3) is 0.533. The monoisotopic (exact) mass is 311 g/mol. The maximum Gasteiger partial charge on any atom is 0.319 e. The molecule has 1 saturated heterocycles. The Kier molecular flexibility index (Phi) is 6.14. The number of carbonyl (C=O) groups is 1. The fourth-order valence-corrected chi connectivity index (χ4v) is 2.64. The van der Waals surface area contributed by atoms with E-state index in [2.05, 4.69) is 15.5 Å². The molecule has 2 rings (SSSR count). The van der Waals surface area contributed by atoms with Gasteiger partial charge in [0.2, 0.25) is 0 Å². The highest BCUT2D eigenvalue weighted by Crippen LogP contribution is 2.31. The van der Waals surface area contributed by atoms with Gasteiger partial charge in [0.25, 0.3) is 0 Å². The molecule has 1 aliphatic rings. The first kappa shape index (κ1) is 15.9. The van der Waals surface area contributed by atoms with E-state index in [1.807, 2.05) is 12.1 Å². The van der Waals surface area contributed by atoms with Crippen LogP contribution in [-0.2, 0) is 0 Å². The minimum absolute atomic E-state index is 0.0659. The van der Waals surface area contributed by atoms with Gasteiger partial charge in [0.15, 0.2) is 0 Å². The molecule has 1 aromatic carbocycles. The summed E-state index contributed by atoms with van der Waals surface area (Å²) in [7, 11) is 0. The summed E-state index contributed by atoms with van der Waals surface area (Å²) in [5, 5.41) is 14.9. The Hall–Kier alpha value is -1.46. The molecule has 1 fully saturated rings. The number of urea groups is 1. The molecule has 1 heterocycles. The predicted molar refractivity (Wildman–Crippen MR) is 86.2 cm³/mol. The van der Waals surface area contributed by atoms with Gasteiger partial charge in [-0.3, -0.25) is 0 Å². The molecule has 1 aliphatic heterocycles. The van der Waals surface area contributed by atoms with E-state index in [0.29, 0.717) is 18.0 Å². The summed E-state index contributed by atoms with van der Waals surface area (Å²) >= 11 is 6.04. The summed E-state index contributed by atoms with van der Waals surface area (Å²) in [6.45, 7) is 2.52. The number of carbonyl (C=O) groups excluding carboxylic acids is 1. The predicted octanol–water partition coefficient (Wildman–Crippen LogP) is 2.83. The van der Waals surface area contributed by atoms with E-state index in [4.69, 9.17) is 16.7 Å². The van der Waals surface area contributed by atoms with Gasteiger partial charge in [-0.25, -0.2) is 4.79 Å². The highest BCUT2D eigenvalue weighted by molar-refractivity contribution is 6.31. The molecule has 0 atom stereocenters. The number of rotatable bonds is 5. The molecule has 0 bridgehead atoms. The second-order valence-corrected chi connectivity index (χ2v) is 5.60. The van der Waals surface area contributed by atoms with Crippen LogP contribution in [0.5, 0.6) is 0 Å². The van der Waals surface area contributed by atoms with Crippen molar-refractivity contribution in [1.82, 2.24) is 5.32 Å². The topological polar surface area (TPSA) is 64.6 Å². The number of amides is 2. The minimum atomic E-state index is -0.274. The number of aliphatic hydroxyl groups is 1. The molecule has 116 valence electrons. The zero-order valence-corrected chi connectivity index (χ0v) is 12.8. The highest BCUT2D eigenvalue weighted by atomic mass is 35.5. The van der Waals surface area contributed by atoms with Crippen LogP contribution in [0.3, 0.4) is 0 Å². The number of benzene rings is 1. The first-order valence-corrected chi connectivity index (χ1v) is 7.78. The van der Waals surface area contributed by atoms with Crippen molar-refractivity contribution in [2.75, 3.05) is 36.5 Å². The van der Waals surface area contributed by atoms with Crippen LogP contribution < -0.4 is 15.5 Å². The van der Waals surface area contributed by atoms with Crippen molar-refractivity contribution in [3.63, 3.8) is 0 Å². The lowest BCUT2D eigenvalue weighted by Gasteiger charge is -2.30. The van der Waals surface area contributed by atoms with Crippen molar-refractivity contribution >= 4 is 29.0 Å². The molecule has 0 aliphatic carbocycles. The van der Waals surface area contributed by atoms with Crippen LogP contribution in [0.1, 0.15) is 25.7 Å². The van der Waals surface area contributed by atoms with E-state index in [-0.39, 0.29) is 12.6 Å². The second kappa shape index (κ2) is 8.10. The Morgan fingerprint density at radius 1 is 1.29 bits per heavy atom. The minimum Gasteiger partial charge on any atom is -0.396 e. The summed E-state index contributed by atoms with van der Waals surface area (Å²) in [4.78, 5) is 14.1. The Morgan fingerprint density at radius 2 is 2.05 bits per heavy atom. The molecule has 21 heavy (non-hydrogen) atoms. The van der Waals surface area contributed by atoms with E-state index >= 15 is 0 Å². The number of hydrogen-bond acceptors (Lipinski definition) is 3. The zero-order valence-electron chi connectivity index (χ0n) is 12.1. The third kappa shape index (κ3) is 4.79. The van der Waals surface area contributed by atoms with Crippen molar-refractivity contribution in [3.8, 4) is 0 Å². The average Bonchev–Trinajstić information content (AvgIpc) is 2.48. The first-order chi connectivity index (χ1) is 10.2. The van der Waals surface area contributed by atoms with Crippen LogP contribution in [0.4, 0.5) is 16.2 Å². The molecule has 0 spiro atoms. The largest absolute Gasteiger partial charge is 0.396 e. The van der Waals surface area contributed by atoms with Gasteiger partial charge >= 0.3 is 6.03 Å². The standard InChI is InChI=1S/C15H22ClN3O2/c16-12-5-6-14(19-8-2-1-3-9-19)13(11-12)18-15(21)17-7-4-10-20/h5-6,11,20H,1-4,7-10H2,(H2,17,18,21). The van der Waals surface area contributed by atoms with E-state index in [9.17, 15) is 4.79 Å². The number of nitrogens with one attached hydrogen (secondary N) is 2. The Balaban J connectivity index is 2.05. The SMILES string of the molecule is O=C(NCCCO)Nc1cc(Cl)ccc1N1CCCCC1. The number of piperidine rings is 1. The van der Waals surface area contributed by atoms with Crippen molar-refractivity contribution in [2.45, 2.75) is 25.7 Å². The average molecular weight is 312 g/mol. The van der Waals surface area contributed by atoms with Crippen LogP contribution in [-0.4, -0.2) is 37.4 Å². The van der Waals surface area contributed by atoms with Gasteiger partial charge in [-0.1, -0.05) is 11.6 Å². The maximum atomic E-state index is 11.9. The molecular weight excluding hydrogens is 290 g/mol. The second-order valence-electron chi connectivity index (χ2n) is 5.17. The number of anilines is 2. The smallest absolute Gasteiger partial charge is 0.319 e. The first-order valence-electron chi connectivity index (χ1n) is 7.41. The van der Waals surface area contributed by atoms with Gasteiger partial charge in [0, 0.05) is 31.3 Å².